The number of carbonyl (C=O) groups is 2. The van der Waals surface area contributed by atoms with E-state index in [4.69, 9.17) is 4.74 Å². The van der Waals surface area contributed by atoms with Gasteiger partial charge in [0, 0.05) is 17.4 Å². The number of ether oxygens (including phenoxy) is 1. The van der Waals surface area contributed by atoms with Gasteiger partial charge in [0.05, 0.1) is 0 Å². The predicted molar refractivity (Wildman–Crippen MR) is 96.3 cm³/mol. The summed E-state index contributed by atoms with van der Waals surface area (Å²) in [4.78, 5) is 27.3. The average Bonchev–Trinajstić information content (AvgIpc) is 3.07. The molecule has 25 heavy (non-hydrogen) atoms. The summed E-state index contributed by atoms with van der Waals surface area (Å²) in [5.41, 5.74) is 2.34. The number of aromatic nitrogens is 1. The van der Waals surface area contributed by atoms with Crippen LogP contribution in [-0.4, -0.2) is 29.5 Å². The number of aromatic amines is 1. The van der Waals surface area contributed by atoms with Crippen LogP contribution in [0, 0.1) is 0 Å². The second-order valence-corrected chi connectivity index (χ2v) is 5.84. The van der Waals surface area contributed by atoms with E-state index in [1.165, 1.54) is 0 Å². The Labute approximate surface area is 146 Å². The molecule has 0 aliphatic rings. The first-order valence-corrected chi connectivity index (χ1v) is 8.24. The summed E-state index contributed by atoms with van der Waals surface area (Å²) in [7, 11) is 0. The van der Waals surface area contributed by atoms with E-state index in [-0.39, 0.29) is 5.91 Å². The molecule has 0 aliphatic carbocycles. The molecule has 0 aliphatic heterocycles. The summed E-state index contributed by atoms with van der Waals surface area (Å²) in [6, 6.07) is 19.2. The van der Waals surface area contributed by atoms with Gasteiger partial charge >= 0.3 is 5.97 Å². The zero-order valence-corrected chi connectivity index (χ0v) is 14.0. The maximum Gasteiger partial charge on any atom is 0.355 e. The summed E-state index contributed by atoms with van der Waals surface area (Å²) in [6.45, 7) is 2.07. The Morgan fingerprint density at radius 3 is 2.56 bits per heavy atom. The van der Waals surface area contributed by atoms with Gasteiger partial charge in [0.2, 0.25) is 0 Å². The van der Waals surface area contributed by atoms with E-state index < -0.39 is 12.1 Å². The molecular weight excluding hydrogens is 316 g/mol. The van der Waals surface area contributed by atoms with Crippen LogP contribution in [-0.2, 0) is 16.0 Å². The minimum atomic E-state index is -0.852. The van der Waals surface area contributed by atoms with Crippen LogP contribution < -0.4 is 5.32 Å². The molecule has 5 nitrogen and oxygen atoms in total. The van der Waals surface area contributed by atoms with E-state index in [0.717, 1.165) is 22.9 Å². The van der Waals surface area contributed by atoms with Crippen molar-refractivity contribution >= 4 is 22.8 Å². The van der Waals surface area contributed by atoms with E-state index in [9.17, 15) is 9.59 Å². The topological polar surface area (TPSA) is 71.2 Å². The first-order chi connectivity index (χ1) is 12.1. The Kier molecular flexibility index (Phi) is 5.14. The molecule has 1 aromatic heterocycles. The maximum absolute atomic E-state index is 12.2. The van der Waals surface area contributed by atoms with Crippen molar-refractivity contribution in [1.29, 1.82) is 0 Å². The van der Waals surface area contributed by atoms with Gasteiger partial charge in [-0.2, -0.15) is 0 Å². The number of amides is 1. The molecule has 0 radical (unpaired) electrons. The first-order valence-electron chi connectivity index (χ1n) is 8.24. The van der Waals surface area contributed by atoms with Crippen molar-refractivity contribution in [3.63, 3.8) is 0 Å². The highest BCUT2D eigenvalue weighted by Crippen LogP contribution is 2.15. The molecule has 1 heterocycles. The van der Waals surface area contributed by atoms with Crippen LogP contribution in [0.5, 0.6) is 0 Å². The van der Waals surface area contributed by atoms with Crippen LogP contribution in [0.2, 0.25) is 0 Å². The summed E-state index contributed by atoms with van der Waals surface area (Å²) in [5, 5.41) is 3.71. The van der Waals surface area contributed by atoms with E-state index in [1.807, 2.05) is 54.6 Å². The Morgan fingerprint density at radius 1 is 1.08 bits per heavy atom. The number of benzene rings is 2. The number of H-pyrrole nitrogens is 1. The van der Waals surface area contributed by atoms with Gasteiger partial charge in [-0.3, -0.25) is 4.79 Å². The number of rotatable bonds is 6. The Bertz CT molecular complexity index is 838. The molecule has 0 saturated carbocycles. The molecule has 2 N–H and O–H groups in total. The van der Waals surface area contributed by atoms with E-state index in [2.05, 4.69) is 10.3 Å². The molecule has 128 valence electrons. The molecule has 5 heteroatoms. The van der Waals surface area contributed by atoms with Gasteiger partial charge in [0.25, 0.3) is 5.91 Å². The molecule has 1 atom stereocenters. The first kappa shape index (κ1) is 16.8. The highest BCUT2D eigenvalue weighted by molar-refractivity contribution is 5.96. The smallest absolute Gasteiger partial charge is 0.355 e. The molecule has 3 aromatic rings. The zero-order chi connectivity index (χ0) is 17.6. The number of nitrogens with one attached hydrogen (secondary N) is 2. The second-order valence-electron chi connectivity index (χ2n) is 5.84. The number of carbonyl (C=O) groups excluding carboxylic acids is 2. The fourth-order valence-corrected chi connectivity index (χ4v) is 2.58. The standard InChI is InChI=1S/C20H20N2O3/c1-14(19(23)21-12-11-15-7-3-2-4-8-15)25-20(24)18-13-16-9-5-6-10-17(16)22-18/h2-10,13-14,22H,11-12H2,1H3,(H,21,23)/t14-/m0/s1. The zero-order valence-electron chi connectivity index (χ0n) is 14.0. The van der Waals surface area contributed by atoms with Crippen molar-refractivity contribution in [2.75, 3.05) is 6.54 Å². The van der Waals surface area contributed by atoms with E-state index >= 15 is 0 Å². The Morgan fingerprint density at radius 2 is 1.80 bits per heavy atom. The van der Waals surface area contributed by atoms with Gasteiger partial charge in [-0.1, -0.05) is 48.5 Å². The molecule has 0 unspecified atom stereocenters. The van der Waals surface area contributed by atoms with E-state index in [0.29, 0.717) is 12.2 Å². The van der Waals surface area contributed by atoms with Crippen molar-refractivity contribution in [2.45, 2.75) is 19.4 Å². The summed E-state index contributed by atoms with van der Waals surface area (Å²) in [5.74, 6) is -0.845. The molecule has 0 fully saturated rings. The molecule has 3 rings (SSSR count). The van der Waals surface area contributed by atoms with Crippen LogP contribution in [0.25, 0.3) is 10.9 Å². The van der Waals surface area contributed by atoms with Crippen LogP contribution in [0.3, 0.4) is 0 Å². The van der Waals surface area contributed by atoms with Crippen molar-refractivity contribution in [2.24, 2.45) is 0 Å². The predicted octanol–water partition coefficient (Wildman–Crippen LogP) is 3.07. The molecule has 0 bridgehead atoms. The van der Waals surface area contributed by atoms with Crippen molar-refractivity contribution < 1.29 is 14.3 Å². The summed E-state index contributed by atoms with van der Waals surface area (Å²) >= 11 is 0. The lowest BCUT2D eigenvalue weighted by molar-refractivity contribution is -0.129. The van der Waals surface area contributed by atoms with Gasteiger partial charge in [0.15, 0.2) is 6.10 Å². The third kappa shape index (κ3) is 4.26. The van der Waals surface area contributed by atoms with Gasteiger partial charge in [-0.25, -0.2) is 4.79 Å². The minimum Gasteiger partial charge on any atom is -0.448 e. The van der Waals surface area contributed by atoms with Crippen LogP contribution >= 0.6 is 0 Å². The number of hydrogen-bond donors (Lipinski definition) is 2. The van der Waals surface area contributed by atoms with Crippen molar-refractivity contribution in [3.8, 4) is 0 Å². The Hall–Kier alpha value is -3.08. The quantitative estimate of drug-likeness (QED) is 0.680. The largest absolute Gasteiger partial charge is 0.448 e. The van der Waals surface area contributed by atoms with Crippen molar-refractivity contribution in [1.82, 2.24) is 10.3 Å². The van der Waals surface area contributed by atoms with Crippen LogP contribution in [0.4, 0.5) is 0 Å². The van der Waals surface area contributed by atoms with Crippen LogP contribution in [0.15, 0.2) is 60.7 Å². The fraction of sp³-hybridized carbons (Fsp3) is 0.200. The third-order valence-corrected chi connectivity index (χ3v) is 3.96. The number of para-hydroxylation sites is 1. The van der Waals surface area contributed by atoms with Crippen molar-refractivity contribution in [3.05, 3.63) is 71.9 Å². The second kappa shape index (κ2) is 7.66. The minimum absolute atomic E-state index is 0.305. The SMILES string of the molecule is C[C@H](OC(=O)c1cc2ccccc2[nH]1)C(=O)NCCc1ccccc1. The fourth-order valence-electron chi connectivity index (χ4n) is 2.58. The number of fused-ring (bicyclic) bond motifs is 1. The average molecular weight is 336 g/mol. The van der Waals surface area contributed by atoms with E-state index in [1.54, 1.807) is 13.0 Å². The monoisotopic (exact) mass is 336 g/mol. The lowest BCUT2D eigenvalue weighted by atomic mass is 10.1. The highest BCUT2D eigenvalue weighted by Gasteiger charge is 2.19. The summed E-state index contributed by atoms with van der Waals surface area (Å²) < 4.78 is 5.25. The number of esters is 1. The molecular formula is C20H20N2O3. The molecule has 0 saturated heterocycles. The van der Waals surface area contributed by atoms with Gasteiger partial charge in [-0.05, 0) is 31.0 Å². The normalized spacial score (nSPS) is 11.9. The lowest BCUT2D eigenvalue weighted by Gasteiger charge is -2.13. The lowest BCUT2D eigenvalue weighted by Crippen LogP contribution is -2.36. The van der Waals surface area contributed by atoms with Gasteiger partial charge in [-0.15, -0.1) is 0 Å². The van der Waals surface area contributed by atoms with Crippen LogP contribution in [0.1, 0.15) is 23.0 Å². The summed E-state index contributed by atoms with van der Waals surface area (Å²) in [6.07, 6.45) is -0.121. The highest BCUT2D eigenvalue weighted by atomic mass is 16.5. The molecule has 1 amide bonds. The third-order valence-electron chi connectivity index (χ3n) is 3.96. The number of hydrogen-bond acceptors (Lipinski definition) is 3. The Balaban J connectivity index is 1.51. The molecule has 2 aromatic carbocycles. The van der Waals surface area contributed by atoms with Gasteiger partial charge in [0.1, 0.15) is 5.69 Å². The molecule has 0 spiro atoms. The van der Waals surface area contributed by atoms with Gasteiger partial charge < -0.3 is 15.0 Å². The maximum atomic E-state index is 12.2.